The molecule has 102 valence electrons. The monoisotopic (exact) mass is 338 g/mol. The number of amides is 1. The SMILES string of the molecule is CNCCCC(=O)NCc1cc(F)ccc1Br.Cl. The van der Waals surface area contributed by atoms with Gasteiger partial charge in [-0.1, -0.05) is 15.9 Å². The van der Waals surface area contributed by atoms with Crippen LogP contribution >= 0.6 is 28.3 Å². The van der Waals surface area contributed by atoms with Crippen molar-refractivity contribution in [1.82, 2.24) is 10.6 Å². The first-order valence-electron chi connectivity index (χ1n) is 5.48. The maximum absolute atomic E-state index is 13.0. The molecule has 0 saturated heterocycles. The molecule has 1 aromatic carbocycles. The Balaban J connectivity index is 0.00000289. The highest BCUT2D eigenvalue weighted by molar-refractivity contribution is 9.10. The Labute approximate surface area is 121 Å². The van der Waals surface area contributed by atoms with Gasteiger partial charge in [0.2, 0.25) is 5.91 Å². The van der Waals surface area contributed by atoms with Gasteiger partial charge in [-0.05, 0) is 43.8 Å². The van der Waals surface area contributed by atoms with E-state index in [0.717, 1.165) is 23.0 Å². The fraction of sp³-hybridized carbons (Fsp3) is 0.417. The maximum atomic E-state index is 13.0. The summed E-state index contributed by atoms with van der Waals surface area (Å²) in [5, 5.41) is 5.74. The predicted octanol–water partition coefficient (Wildman–Crippen LogP) is 2.63. The fourth-order valence-corrected chi connectivity index (χ4v) is 1.77. The van der Waals surface area contributed by atoms with Crippen molar-refractivity contribution >= 4 is 34.2 Å². The molecule has 0 aliphatic heterocycles. The number of halogens is 3. The molecule has 0 atom stereocenters. The van der Waals surface area contributed by atoms with Crippen molar-refractivity contribution in [3.8, 4) is 0 Å². The van der Waals surface area contributed by atoms with Crippen LogP contribution in [0, 0.1) is 5.82 Å². The molecule has 0 aliphatic rings. The first-order chi connectivity index (χ1) is 8.13. The lowest BCUT2D eigenvalue weighted by atomic mass is 10.2. The smallest absolute Gasteiger partial charge is 0.220 e. The normalized spacial score (nSPS) is 9.72. The third-order valence-corrected chi connectivity index (χ3v) is 3.09. The third-order valence-electron chi connectivity index (χ3n) is 2.31. The summed E-state index contributed by atoms with van der Waals surface area (Å²) >= 11 is 3.32. The Morgan fingerprint density at radius 1 is 1.44 bits per heavy atom. The minimum absolute atomic E-state index is 0. The zero-order valence-electron chi connectivity index (χ0n) is 10.1. The zero-order valence-corrected chi connectivity index (χ0v) is 12.5. The van der Waals surface area contributed by atoms with Gasteiger partial charge in [-0.25, -0.2) is 4.39 Å². The van der Waals surface area contributed by atoms with Crippen LogP contribution in [0.15, 0.2) is 22.7 Å². The van der Waals surface area contributed by atoms with Crippen molar-refractivity contribution in [2.75, 3.05) is 13.6 Å². The lowest BCUT2D eigenvalue weighted by Gasteiger charge is -2.07. The molecule has 0 heterocycles. The first kappa shape index (κ1) is 17.4. The van der Waals surface area contributed by atoms with Gasteiger partial charge >= 0.3 is 0 Å². The van der Waals surface area contributed by atoms with Crippen molar-refractivity contribution < 1.29 is 9.18 Å². The molecule has 2 N–H and O–H groups in total. The van der Waals surface area contributed by atoms with E-state index < -0.39 is 0 Å². The summed E-state index contributed by atoms with van der Waals surface area (Å²) in [6, 6.07) is 4.43. The van der Waals surface area contributed by atoms with Gasteiger partial charge in [0, 0.05) is 17.4 Å². The second-order valence-corrected chi connectivity index (χ2v) is 4.57. The number of carbonyl (C=O) groups excluding carboxylic acids is 1. The number of benzene rings is 1. The molecular formula is C12H17BrClFN2O. The standard InChI is InChI=1S/C12H16BrFN2O.ClH/c1-15-6-2-3-12(17)16-8-9-7-10(14)4-5-11(9)13;/h4-5,7,15H,2-3,6,8H2,1H3,(H,16,17);1H. The highest BCUT2D eigenvalue weighted by Crippen LogP contribution is 2.17. The molecule has 1 aromatic rings. The average Bonchev–Trinajstić information content (AvgIpc) is 2.31. The van der Waals surface area contributed by atoms with E-state index in [1.807, 2.05) is 7.05 Å². The summed E-state index contributed by atoms with van der Waals surface area (Å²) in [5.74, 6) is -0.316. The second-order valence-electron chi connectivity index (χ2n) is 3.72. The Kier molecular flexibility index (Phi) is 8.97. The Bertz CT molecular complexity index is 390. The molecular weight excluding hydrogens is 322 g/mol. The van der Waals surface area contributed by atoms with Crippen molar-refractivity contribution in [2.24, 2.45) is 0 Å². The fourth-order valence-electron chi connectivity index (χ4n) is 1.39. The Morgan fingerprint density at radius 2 is 2.17 bits per heavy atom. The number of carbonyl (C=O) groups is 1. The largest absolute Gasteiger partial charge is 0.352 e. The Morgan fingerprint density at radius 3 is 2.83 bits per heavy atom. The van der Waals surface area contributed by atoms with Crippen LogP contribution in [0.25, 0.3) is 0 Å². The van der Waals surface area contributed by atoms with E-state index in [1.54, 1.807) is 6.07 Å². The summed E-state index contributed by atoms with van der Waals surface area (Å²) in [5.41, 5.74) is 0.743. The van der Waals surface area contributed by atoms with Gasteiger partial charge < -0.3 is 10.6 Å². The van der Waals surface area contributed by atoms with Gasteiger partial charge in [0.25, 0.3) is 0 Å². The number of hydrogen-bond donors (Lipinski definition) is 2. The van der Waals surface area contributed by atoms with E-state index in [4.69, 9.17) is 0 Å². The molecule has 6 heteroatoms. The van der Waals surface area contributed by atoms with Gasteiger partial charge in [-0.2, -0.15) is 0 Å². The summed E-state index contributed by atoms with van der Waals surface area (Å²) in [4.78, 5) is 11.4. The lowest BCUT2D eigenvalue weighted by Crippen LogP contribution is -2.23. The van der Waals surface area contributed by atoms with Crippen LogP contribution in [0.5, 0.6) is 0 Å². The molecule has 0 bridgehead atoms. The summed E-state index contributed by atoms with van der Waals surface area (Å²) in [7, 11) is 1.85. The van der Waals surface area contributed by atoms with E-state index in [0.29, 0.717) is 13.0 Å². The molecule has 0 spiro atoms. The quantitative estimate of drug-likeness (QED) is 0.782. The molecule has 1 amide bonds. The van der Waals surface area contributed by atoms with Crippen LogP contribution < -0.4 is 10.6 Å². The van der Waals surface area contributed by atoms with Gasteiger partial charge in [-0.15, -0.1) is 12.4 Å². The number of rotatable bonds is 6. The number of hydrogen-bond acceptors (Lipinski definition) is 2. The average molecular weight is 340 g/mol. The second kappa shape index (κ2) is 9.30. The summed E-state index contributed by atoms with van der Waals surface area (Å²) < 4.78 is 13.8. The van der Waals surface area contributed by atoms with Crippen LogP contribution in [0.1, 0.15) is 18.4 Å². The molecule has 0 saturated carbocycles. The van der Waals surface area contributed by atoms with E-state index in [9.17, 15) is 9.18 Å². The molecule has 3 nitrogen and oxygen atoms in total. The molecule has 0 radical (unpaired) electrons. The number of nitrogens with one attached hydrogen (secondary N) is 2. The molecule has 0 fully saturated rings. The predicted molar refractivity (Wildman–Crippen MR) is 76.4 cm³/mol. The molecule has 1 rings (SSSR count). The molecule has 18 heavy (non-hydrogen) atoms. The third kappa shape index (κ3) is 6.33. The van der Waals surface area contributed by atoms with E-state index in [1.165, 1.54) is 12.1 Å². The topological polar surface area (TPSA) is 41.1 Å². The van der Waals surface area contributed by atoms with Crippen LogP contribution in [0.4, 0.5) is 4.39 Å². The van der Waals surface area contributed by atoms with Crippen LogP contribution in [-0.2, 0) is 11.3 Å². The molecule has 0 unspecified atom stereocenters. The first-order valence-corrected chi connectivity index (χ1v) is 6.28. The van der Waals surface area contributed by atoms with Gasteiger partial charge in [0.1, 0.15) is 5.82 Å². The minimum atomic E-state index is -0.298. The Hall–Kier alpha value is -0.650. The van der Waals surface area contributed by atoms with Crippen LogP contribution in [0.3, 0.4) is 0 Å². The minimum Gasteiger partial charge on any atom is -0.352 e. The van der Waals surface area contributed by atoms with Crippen LogP contribution in [0.2, 0.25) is 0 Å². The van der Waals surface area contributed by atoms with Crippen molar-refractivity contribution in [1.29, 1.82) is 0 Å². The summed E-state index contributed by atoms with van der Waals surface area (Å²) in [6.45, 7) is 1.16. The highest BCUT2D eigenvalue weighted by Gasteiger charge is 2.04. The molecule has 0 aliphatic carbocycles. The van der Waals surface area contributed by atoms with E-state index in [-0.39, 0.29) is 24.1 Å². The van der Waals surface area contributed by atoms with E-state index >= 15 is 0 Å². The van der Waals surface area contributed by atoms with Gasteiger partial charge in [-0.3, -0.25) is 4.79 Å². The van der Waals surface area contributed by atoms with Gasteiger partial charge in [0.05, 0.1) is 0 Å². The highest BCUT2D eigenvalue weighted by atomic mass is 79.9. The maximum Gasteiger partial charge on any atom is 0.220 e. The van der Waals surface area contributed by atoms with Gasteiger partial charge in [0.15, 0.2) is 0 Å². The van der Waals surface area contributed by atoms with E-state index in [2.05, 4.69) is 26.6 Å². The summed E-state index contributed by atoms with van der Waals surface area (Å²) in [6.07, 6.45) is 1.28. The van der Waals surface area contributed by atoms with Crippen molar-refractivity contribution in [3.63, 3.8) is 0 Å². The van der Waals surface area contributed by atoms with Crippen molar-refractivity contribution in [3.05, 3.63) is 34.1 Å². The molecule has 0 aromatic heterocycles. The van der Waals surface area contributed by atoms with Crippen molar-refractivity contribution in [2.45, 2.75) is 19.4 Å². The lowest BCUT2D eigenvalue weighted by molar-refractivity contribution is -0.121. The van der Waals surface area contributed by atoms with Crippen LogP contribution in [-0.4, -0.2) is 19.5 Å². The zero-order chi connectivity index (χ0) is 12.7.